The Morgan fingerprint density at radius 1 is 1.30 bits per heavy atom. The number of nitrogens with zero attached hydrogens (tertiary/aromatic N) is 3. The summed E-state index contributed by atoms with van der Waals surface area (Å²) in [5, 5.41) is 3.34. The molecule has 0 atom stereocenters. The second kappa shape index (κ2) is 9.58. The van der Waals surface area contributed by atoms with E-state index in [9.17, 15) is 4.79 Å². The van der Waals surface area contributed by atoms with Crippen molar-refractivity contribution < 1.29 is 4.79 Å². The molecule has 0 radical (unpaired) electrons. The summed E-state index contributed by atoms with van der Waals surface area (Å²) in [6.07, 6.45) is 8.17. The zero-order valence-electron chi connectivity index (χ0n) is 15.4. The number of carbonyl (C=O) groups excluding carboxylic acids is 1. The van der Waals surface area contributed by atoms with Crippen molar-refractivity contribution in [3.05, 3.63) is 12.7 Å². The van der Waals surface area contributed by atoms with Crippen LogP contribution in [0.25, 0.3) is 0 Å². The van der Waals surface area contributed by atoms with Gasteiger partial charge in [0.25, 0.3) is 0 Å². The summed E-state index contributed by atoms with van der Waals surface area (Å²) >= 11 is 0. The summed E-state index contributed by atoms with van der Waals surface area (Å²) in [7, 11) is 5.75. The lowest BCUT2D eigenvalue weighted by molar-refractivity contribution is -0.138. The molecule has 0 aliphatic heterocycles. The molecule has 0 aromatic rings. The number of aliphatic imine (C=N–C) groups is 1. The zero-order valence-corrected chi connectivity index (χ0v) is 15.4. The fraction of sp³-hybridized carbons (Fsp3) is 0.778. The number of allylic oxidation sites excluding steroid dienone is 1. The highest BCUT2D eigenvalue weighted by Crippen LogP contribution is 2.39. The van der Waals surface area contributed by atoms with E-state index in [0.717, 1.165) is 57.6 Å². The van der Waals surface area contributed by atoms with Gasteiger partial charge in [0.1, 0.15) is 0 Å². The highest BCUT2D eigenvalue weighted by atomic mass is 16.2. The lowest BCUT2D eigenvalue weighted by Crippen LogP contribution is -2.43. The first kappa shape index (κ1) is 19.5. The number of hydrogen-bond donors (Lipinski definition) is 1. The van der Waals surface area contributed by atoms with Gasteiger partial charge in [-0.05, 0) is 32.6 Å². The van der Waals surface area contributed by atoms with Gasteiger partial charge >= 0.3 is 0 Å². The van der Waals surface area contributed by atoms with Gasteiger partial charge in [-0.25, -0.2) is 0 Å². The van der Waals surface area contributed by atoms with Crippen LogP contribution in [-0.4, -0.2) is 62.4 Å². The molecule has 1 rings (SSSR count). The Hall–Kier alpha value is -1.52. The van der Waals surface area contributed by atoms with Crippen LogP contribution in [0.5, 0.6) is 0 Å². The molecule has 132 valence electrons. The fourth-order valence-electron chi connectivity index (χ4n) is 3.24. The van der Waals surface area contributed by atoms with Crippen LogP contribution in [0.4, 0.5) is 0 Å². The smallest absolute Gasteiger partial charge is 0.230 e. The van der Waals surface area contributed by atoms with Gasteiger partial charge in [-0.2, -0.15) is 0 Å². The van der Waals surface area contributed by atoms with Crippen molar-refractivity contribution in [1.82, 2.24) is 15.1 Å². The van der Waals surface area contributed by atoms with E-state index in [-0.39, 0.29) is 11.3 Å². The molecule has 1 N–H and O–H groups in total. The number of nitrogens with one attached hydrogen (secondary N) is 1. The van der Waals surface area contributed by atoms with E-state index in [4.69, 9.17) is 4.99 Å². The quantitative estimate of drug-likeness (QED) is 0.323. The molecule has 0 saturated heterocycles. The first-order valence-corrected chi connectivity index (χ1v) is 8.79. The number of guanidine groups is 1. The molecule has 1 saturated carbocycles. The van der Waals surface area contributed by atoms with Crippen LogP contribution in [0, 0.1) is 5.41 Å². The first-order valence-electron chi connectivity index (χ1n) is 8.79. The van der Waals surface area contributed by atoms with E-state index in [1.807, 2.05) is 20.2 Å². The number of carbonyl (C=O) groups is 1. The van der Waals surface area contributed by atoms with Crippen LogP contribution in [0.1, 0.15) is 45.4 Å². The maximum atomic E-state index is 12.6. The minimum atomic E-state index is -0.299. The Labute approximate surface area is 141 Å². The molecular weight excluding hydrogens is 288 g/mol. The Morgan fingerprint density at radius 3 is 2.48 bits per heavy atom. The maximum Gasteiger partial charge on any atom is 0.230 e. The van der Waals surface area contributed by atoms with Crippen LogP contribution in [0.3, 0.4) is 0 Å². The second-order valence-corrected chi connectivity index (χ2v) is 6.71. The lowest BCUT2D eigenvalue weighted by Gasteiger charge is -2.30. The molecule has 0 spiro atoms. The average Bonchev–Trinajstić information content (AvgIpc) is 3.00. The van der Waals surface area contributed by atoms with Crippen LogP contribution in [0.15, 0.2) is 17.6 Å². The molecule has 1 aliphatic rings. The van der Waals surface area contributed by atoms with Crippen LogP contribution in [-0.2, 0) is 4.79 Å². The molecule has 1 fully saturated rings. The summed E-state index contributed by atoms with van der Waals surface area (Å²) in [5.41, 5.74) is -0.299. The lowest BCUT2D eigenvalue weighted by atomic mass is 9.85. The molecule has 1 aliphatic carbocycles. The Morgan fingerprint density at radius 2 is 1.96 bits per heavy atom. The van der Waals surface area contributed by atoms with Crippen molar-refractivity contribution in [3.63, 3.8) is 0 Å². The van der Waals surface area contributed by atoms with Crippen LogP contribution >= 0.6 is 0 Å². The molecule has 0 aromatic heterocycles. The average molecular weight is 322 g/mol. The molecular formula is C18H34N4O. The van der Waals surface area contributed by atoms with Crippen molar-refractivity contribution >= 4 is 11.9 Å². The zero-order chi connectivity index (χ0) is 17.3. The molecule has 5 heteroatoms. The summed E-state index contributed by atoms with van der Waals surface area (Å²) in [5.74, 6) is 1.12. The molecule has 23 heavy (non-hydrogen) atoms. The van der Waals surface area contributed by atoms with Crippen LogP contribution in [0.2, 0.25) is 0 Å². The van der Waals surface area contributed by atoms with Crippen molar-refractivity contribution in [1.29, 1.82) is 0 Å². The van der Waals surface area contributed by atoms with Crippen molar-refractivity contribution in [2.24, 2.45) is 10.4 Å². The Balaban J connectivity index is 2.80. The summed E-state index contributed by atoms with van der Waals surface area (Å²) in [6, 6.07) is 0. The third-order valence-electron chi connectivity index (χ3n) is 4.55. The fourth-order valence-corrected chi connectivity index (χ4v) is 3.24. The molecule has 1 amide bonds. The van der Waals surface area contributed by atoms with Gasteiger partial charge in [-0.3, -0.25) is 9.79 Å². The van der Waals surface area contributed by atoms with E-state index in [1.165, 1.54) is 0 Å². The second-order valence-electron chi connectivity index (χ2n) is 6.71. The van der Waals surface area contributed by atoms with E-state index in [2.05, 4.69) is 30.8 Å². The van der Waals surface area contributed by atoms with Crippen molar-refractivity contribution in [2.75, 3.05) is 40.8 Å². The highest BCUT2D eigenvalue weighted by molar-refractivity contribution is 5.84. The normalized spacial score (nSPS) is 17.0. The SMILES string of the molecule is C=CCCCN(C)C(=NCC1(C(=O)N(C)C)CCCC1)NCC. The van der Waals surface area contributed by atoms with E-state index >= 15 is 0 Å². The minimum Gasteiger partial charge on any atom is -0.357 e. The van der Waals surface area contributed by atoms with Crippen molar-refractivity contribution in [3.8, 4) is 0 Å². The van der Waals surface area contributed by atoms with Gasteiger partial charge < -0.3 is 15.1 Å². The minimum absolute atomic E-state index is 0.226. The summed E-state index contributed by atoms with van der Waals surface area (Å²) < 4.78 is 0. The van der Waals surface area contributed by atoms with Gasteiger partial charge in [0.15, 0.2) is 5.96 Å². The van der Waals surface area contributed by atoms with Crippen molar-refractivity contribution in [2.45, 2.75) is 45.4 Å². The third-order valence-corrected chi connectivity index (χ3v) is 4.55. The molecule has 0 unspecified atom stereocenters. The molecule has 5 nitrogen and oxygen atoms in total. The van der Waals surface area contributed by atoms with E-state index < -0.39 is 0 Å². The number of rotatable bonds is 8. The largest absolute Gasteiger partial charge is 0.357 e. The summed E-state index contributed by atoms with van der Waals surface area (Å²) in [6.45, 7) is 8.19. The summed E-state index contributed by atoms with van der Waals surface area (Å²) in [4.78, 5) is 21.3. The monoisotopic (exact) mass is 322 g/mol. The Bertz CT molecular complexity index is 411. The number of unbranched alkanes of at least 4 members (excludes halogenated alkanes) is 1. The van der Waals surface area contributed by atoms with Gasteiger partial charge in [0.2, 0.25) is 5.91 Å². The maximum absolute atomic E-state index is 12.6. The molecule has 0 bridgehead atoms. The molecule has 0 heterocycles. The third kappa shape index (κ3) is 5.56. The Kier molecular flexibility index (Phi) is 8.13. The predicted octanol–water partition coefficient (Wildman–Crippen LogP) is 2.50. The number of hydrogen-bond acceptors (Lipinski definition) is 2. The predicted molar refractivity (Wildman–Crippen MR) is 97.6 cm³/mol. The topological polar surface area (TPSA) is 47.9 Å². The number of amides is 1. The van der Waals surface area contributed by atoms with E-state index in [1.54, 1.807) is 4.90 Å². The standard InChI is InChI=1S/C18H34N4O/c1-6-8-11-14-22(5)17(19-7-2)20-15-18(12-9-10-13-18)16(23)21(3)4/h6H,1,7-15H2,2-5H3,(H,19,20). The van der Waals surface area contributed by atoms with Gasteiger partial charge in [-0.1, -0.05) is 18.9 Å². The van der Waals surface area contributed by atoms with E-state index in [0.29, 0.717) is 6.54 Å². The first-order chi connectivity index (χ1) is 11.0. The van der Waals surface area contributed by atoms with Crippen LogP contribution < -0.4 is 5.32 Å². The van der Waals surface area contributed by atoms with Gasteiger partial charge in [0.05, 0.1) is 12.0 Å². The highest BCUT2D eigenvalue weighted by Gasteiger charge is 2.42. The van der Waals surface area contributed by atoms with Gasteiger partial charge in [0, 0.05) is 34.2 Å². The van der Waals surface area contributed by atoms with Gasteiger partial charge in [-0.15, -0.1) is 6.58 Å². The molecule has 0 aromatic carbocycles.